The Morgan fingerprint density at radius 3 is 2.68 bits per heavy atom. The number of ether oxygens (including phenoxy) is 1. The highest BCUT2D eigenvalue weighted by molar-refractivity contribution is 8.13. The lowest BCUT2D eigenvalue weighted by molar-refractivity contribution is -0.155. The fraction of sp³-hybridized carbons (Fsp3) is 0.438. The Morgan fingerprint density at radius 2 is 2.08 bits per heavy atom. The number of thioether (sulfide) groups is 1. The van der Waals surface area contributed by atoms with Gasteiger partial charge in [-0.15, -0.1) is 0 Å². The molecule has 6 nitrogen and oxygen atoms in total. The summed E-state index contributed by atoms with van der Waals surface area (Å²) in [6.45, 7) is 3.60. The van der Waals surface area contributed by atoms with Crippen LogP contribution in [0.25, 0.3) is 0 Å². The van der Waals surface area contributed by atoms with Crippen LogP contribution in [0.1, 0.15) is 25.5 Å². The second kappa shape index (κ2) is 8.78. The number of amides is 2. The van der Waals surface area contributed by atoms with Crippen molar-refractivity contribution in [2.24, 2.45) is 0 Å². The van der Waals surface area contributed by atoms with Crippen LogP contribution in [-0.2, 0) is 14.3 Å². The van der Waals surface area contributed by atoms with Crippen molar-refractivity contribution < 1.29 is 19.1 Å². The number of halogens is 2. The maximum Gasteiger partial charge on any atom is 0.326 e. The Morgan fingerprint density at radius 1 is 1.36 bits per heavy atom. The number of hydrogen-bond acceptors (Lipinski definition) is 5. The SMILES string of the molecule is C[C@@H](OC(=O)CN1CCSC1=O)C(=O)N[C@H](C)c1ccc(Cl)cc1Cl. The van der Waals surface area contributed by atoms with Gasteiger partial charge >= 0.3 is 5.97 Å². The molecule has 2 rings (SSSR count). The van der Waals surface area contributed by atoms with Crippen molar-refractivity contribution in [2.45, 2.75) is 26.0 Å². The van der Waals surface area contributed by atoms with E-state index < -0.39 is 18.0 Å². The summed E-state index contributed by atoms with van der Waals surface area (Å²) >= 11 is 13.1. The van der Waals surface area contributed by atoms with Gasteiger partial charge in [-0.2, -0.15) is 0 Å². The van der Waals surface area contributed by atoms with Crippen LogP contribution in [0.5, 0.6) is 0 Å². The van der Waals surface area contributed by atoms with E-state index in [9.17, 15) is 14.4 Å². The molecule has 0 saturated carbocycles. The van der Waals surface area contributed by atoms with Crippen molar-refractivity contribution >= 4 is 52.1 Å². The highest BCUT2D eigenvalue weighted by atomic mass is 35.5. The van der Waals surface area contributed by atoms with Crippen molar-refractivity contribution in [3.05, 3.63) is 33.8 Å². The summed E-state index contributed by atoms with van der Waals surface area (Å²) in [5, 5.41) is 3.53. The first-order valence-corrected chi connectivity index (χ1v) is 9.38. The molecule has 0 aliphatic carbocycles. The number of hydrogen-bond donors (Lipinski definition) is 1. The van der Waals surface area contributed by atoms with Crippen LogP contribution >= 0.6 is 35.0 Å². The van der Waals surface area contributed by atoms with Gasteiger partial charge in [-0.25, -0.2) is 0 Å². The van der Waals surface area contributed by atoms with E-state index in [-0.39, 0.29) is 17.8 Å². The molecule has 2 atom stereocenters. The van der Waals surface area contributed by atoms with Gasteiger partial charge in [0, 0.05) is 22.3 Å². The monoisotopic (exact) mass is 404 g/mol. The summed E-state index contributed by atoms with van der Waals surface area (Å²) in [5.74, 6) is -0.411. The third kappa shape index (κ3) is 5.52. The van der Waals surface area contributed by atoms with Crippen molar-refractivity contribution in [3.8, 4) is 0 Å². The molecule has 9 heteroatoms. The minimum atomic E-state index is -0.980. The fourth-order valence-electron chi connectivity index (χ4n) is 2.27. The predicted octanol–water partition coefficient (Wildman–Crippen LogP) is 3.27. The van der Waals surface area contributed by atoms with E-state index in [0.29, 0.717) is 27.9 Å². The number of nitrogens with one attached hydrogen (secondary N) is 1. The summed E-state index contributed by atoms with van der Waals surface area (Å²) in [5.41, 5.74) is 0.706. The number of rotatable bonds is 6. The average Bonchev–Trinajstić information content (AvgIpc) is 2.91. The molecule has 0 bridgehead atoms. The lowest BCUT2D eigenvalue weighted by Gasteiger charge is -2.20. The van der Waals surface area contributed by atoms with Gasteiger partial charge < -0.3 is 15.0 Å². The van der Waals surface area contributed by atoms with E-state index in [1.807, 2.05) is 0 Å². The molecule has 2 amide bonds. The highest BCUT2D eigenvalue weighted by Gasteiger charge is 2.26. The van der Waals surface area contributed by atoms with E-state index in [0.717, 1.165) is 11.8 Å². The van der Waals surface area contributed by atoms with Crippen molar-refractivity contribution in [2.75, 3.05) is 18.8 Å². The Bertz CT molecular complexity index is 686. The van der Waals surface area contributed by atoms with Crippen LogP contribution in [-0.4, -0.2) is 47.0 Å². The van der Waals surface area contributed by atoms with E-state index in [2.05, 4.69) is 5.32 Å². The average molecular weight is 405 g/mol. The van der Waals surface area contributed by atoms with Gasteiger partial charge in [-0.1, -0.05) is 41.0 Å². The highest BCUT2D eigenvalue weighted by Crippen LogP contribution is 2.26. The van der Waals surface area contributed by atoms with E-state index in [1.54, 1.807) is 25.1 Å². The molecule has 1 N–H and O–H groups in total. The number of carbonyl (C=O) groups excluding carboxylic acids is 3. The Labute approximate surface area is 160 Å². The first-order valence-electron chi connectivity index (χ1n) is 7.64. The molecule has 1 aliphatic heterocycles. The summed E-state index contributed by atoms with van der Waals surface area (Å²) in [6, 6.07) is 4.62. The minimum Gasteiger partial charge on any atom is -0.451 e. The summed E-state index contributed by atoms with van der Waals surface area (Å²) in [7, 11) is 0. The standard InChI is InChI=1S/C16H18Cl2N2O4S/c1-9(12-4-3-11(17)7-13(12)18)19-15(22)10(2)24-14(21)8-20-5-6-25-16(20)23/h3-4,7,9-10H,5-6,8H2,1-2H3,(H,19,22)/t9-,10-/m1/s1. The molecule has 25 heavy (non-hydrogen) atoms. The second-order valence-corrected chi connectivity index (χ2v) is 7.45. The van der Waals surface area contributed by atoms with Crippen molar-refractivity contribution in [1.29, 1.82) is 0 Å². The molecule has 0 aromatic heterocycles. The quantitative estimate of drug-likeness (QED) is 0.736. The van der Waals surface area contributed by atoms with Gasteiger partial charge in [0.05, 0.1) is 6.04 Å². The molecule has 1 fully saturated rings. The zero-order chi connectivity index (χ0) is 18.6. The zero-order valence-corrected chi connectivity index (χ0v) is 16.1. The first kappa shape index (κ1) is 19.9. The normalized spacial score (nSPS) is 16.5. The van der Waals surface area contributed by atoms with Crippen LogP contribution in [0.4, 0.5) is 4.79 Å². The number of carbonyl (C=O) groups is 3. The van der Waals surface area contributed by atoms with Crippen molar-refractivity contribution in [3.63, 3.8) is 0 Å². The van der Waals surface area contributed by atoms with Crippen LogP contribution in [0, 0.1) is 0 Å². The molecule has 1 aromatic carbocycles. The molecule has 136 valence electrons. The van der Waals surface area contributed by atoms with Crippen LogP contribution < -0.4 is 5.32 Å². The molecule has 1 aliphatic rings. The Hall–Kier alpha value is -1.44. The third-order valence-electron chi connectivity index (χ3n) is 3.63. The van der Waals surface area contributed by atoms with Gasteiger partial charge in [0.15, 0.2) is 6.10 Å². The minimum absolute atomic E-state index is 0.151. The maximum atomic E-state index is 12.2. The second-order valence-electron chi connectivity index (χ2n) is 5.56. The number of esters is 1. The van der Waals surface area contributed by atoms with Gasteiger partial charge in [0.25, 0.3) is 11.1 Å². The fourth-order valence-corrected chi connectivity index (χ4v) is 3.67. The molecular weight excluding hydrogens is 387 g/mol. The maximum absolute atomic E-state index is 12.2. The van der Waals surface area contributed by atoms with Crippen molar-refractivity contribution in [1.82, 2.24) is 10.2 Å². The topological polar surface area (TPSA) is 75.7 Å². The van der Waals surface area contributed by atoms with Gasteiger partial charge in [-0.3, -0.25) is 14.4 Å². The largest absolute Gasteiger partial charge is 0.451 e. The molecule has 1 saturated heterocycles. The molecule has 1 heterocycles. The van der Waals surface area contributed by atoms with Gasteiger partial charge in [0.1, 0.15) is 6.54 Å². The molecular formula is C16H18Cl2N2O4S. The molecule has 0 unspecified atom stereocenters. The number of benzene rings is 1. The lowest BCUT2D eigenvalue weighted by atomic mass is 10.1. The lowest BCUT2D eigenvalue weighted by Crippen LogP contribution is -2.39. The Balaban J connectivity index is 1.86. The van der Waals surface area contributed by atoms with E-state index in [4.69, 9.17) is 27.9 Å². The summed E-state index contributed by atoms with van der Waals surface area (Å²) < 4.78 is 5.10. The van der Waals surface area contributed by atoms with E-state index in [1.165, 1.54) is 11.8 Å². The van der Waals surface area contributed by atoms with Crippen LogP contribution in [0.15, 0.2) is 18.2 Å². The smallest absolute Gasteiger partial charge is 0.326 e. The van der Waals surface area contributed by atoms with Gasteiger partial charge in [-0.05, 0) is 31.5 Å². The van der Waals surface area contributed by atoms with Crippen LogP contribution in [0.2, 0.25) is 10.0 Å². The summed E-state index contributed by atoms with van der Waals surface area (Å²) in [6.07, 6.45) is -0.980. The molecule has 0 spiro atoms. The first-order chi connectivity index (χ1) is 11.8. The van der Waals surface area contributed by atoms with E-state index >= 15 is 0 Å². The zero-order valence-electron chi connectivity index (χ0n) is 13.8. The molecule has 0 radical (unpaired) electrons. The number of nitrogens with zero attached hydrogens (tertiary/aromatic N) is 1. The van der Waals surface area contributed by atoms with Crippen LogP contribution in [0.3, 0.4) is 0 Å². The van der Waals surface area contributed by atoms with Gasteiger partial charge in [0.2, 0.25) is 0 Å². The predicted molar refractivity (Wildman–Crippen MR) is 98.0 cm³/mol. The summed E-state index contributed by atoms with van der Waals surface area (Å²) in [4.78, 5) is 36.9. The molecule has 1 aromatic rings. The third-order valence-corrected chi connectivity index (χ3v) is 5.08. The Kier molecular flexibility index (Phi) is 6.98.